The number of nitrogens with zero attached hydrogens (tertiary/aromatic N) is 2. The quantitative estimate of drug-likeness (QED) is 0.909. The molecule has 0 saturated heterocycles. The second kappa shape index (κ2) is 5.76. The molecule has 4 heteroatoms. The zero-order valence-electron chi connectivity index (χ0n) is 11.3. The molecule has 102 valence electrons. The molecule has 0 saturated carbocycles. The molecule has 0 fully saturated rings. The second-order valence-electron chi connectivity index (χ2n) is 5.14. The highest BCUT2D eigenvalue weighted by Crippen LogP contribution is 2.34. The van der Waals surface area contributed by atoms with Crippen molar-refractivity contribution in [3.8, 4) is 0 Å². The molecule has 1 aromatic heterocycles. The summed E-state index contributed by atoms with van der Waals surface area (Å²) in [5, 5.41) is 11.7. The van der Waals surface area contributed by atoms with Gasteiger partial charge in [0.15, 0.2) is 0 Å². The van der Waals surface area contributed by atoms with E-state index in [1.54, 1.807) is 12.5 Å². The highest BCUT2D eigenvalue weighted by Gasteiger charge is 2.32. The number of halogens is 1. The van der Waals surface area contributed by atoms with Gasteiger partial charge in [0.05, 0.1) is 11.9 Å². The fourth-order valence-electron chi connectivity index (χ4n) is 2.22. The third kappa shape index (κ3) is 3.17. The summed E-state index contributed by atoms with van der Waals surface area (Å²) >= 11 is 5.91. The van der Waals surface area contributed by atoms with Crippen molar-refractivity contribution in [1.29, 1.82) is 0 Å². The highest BCUT2D eigenvalue weighted by molar-refractivity contribution is 6.30. The number of imidazole rings is 1. The zero-order chi connectivity index (χ0) is 13.9. The van der Waals surface area contributed by atoms with Gasteiger partial charge in [-0.2, -0.15) is 0 Å². The average Bonchev–Trinajstić information content (AvgIpc) is 2.89. The van der Waals surface area contributed by atoms with E-state index < -0.39 is 5.60 Å². The SMILES string of the molecule is CC(C)[C@](O)(CCn1ccnc1)c1ccc(Cl)cc1. The number of rotatable bonds is 5. The Balaban J connectivity index is 2.19. The Kier molecular flexibility index (Phi) is 4.27. The standard InChI is InChI=1S/C15H19ClN2O/c1-12(2)15(19,7-9-18-10-8-17-11-18)13-3-5-14(16)6-4-13/h3-6,8,10-12,19H,7,9H2,1-2H3/t15-/m1/s1. The van der Waals surface area contributed by atoms with Gasteiger partial charge in [0, 0.05) is 24.0 Å². The van der Waals surface area contributed by atoms with Gasteiger partial charge in [-0.3, -0.25) is 0 Å². The lowest BCUT2D eigenvalue weighted by Gasteiger charge is -2.33. The van der Waals surface area contributed by atoms with Gasteiger partial charge in [-0.25, -0.2) is 4.98 Å². The molecule has 19 heavy (non-hydrogen) atoms. The Morgan fingerprint density at radius 3 is 2.53 bits per heavy atom. The summed E-state index contributed by atoms with van der Waals surface area (Å²) in [6.45, 7) is 4.79. The highest BCUT2D eigenvalue weighted by atomic mass is 35.5. The van der Waals surface area contributed by atoms with E-state index in [1.165, 1.54) is 0 Å². The van der Waals surface area contributed by atoms with Crippen LogP contribution in [0.2, 0.25) is 5.02 Å². The maximum Gasteiger partial charge on any atom is 0.0945 e. The number of aryl methyl sites for hydroxylation is 1. The van der Waals surface area contributed by atoms with Crippen molar-refractivity contribution in [2.45, 2.75) is 32.4 Å². The molecule has 0 aliphatic heterocycles. The van der Waals surface area contributed by atoms with Crippen LogP contribution in [0, 0.1) is 5.92 Å². The maximum atomic E-state index is 11.0. The Labute approximate surface area is 118 Å². The number of hydrogen-bond acceptors (Lipinski definition) is 2. The summed E-state index contributed by atoms with van der Waals surface area (Å²) in [6, 6.07) is 7.44. The van der Waals surface area contributed by atoms with Crippen LogP contribution in [-0.2, 0) is 12.1 Å². The van der Waals surface area contributed by atoms with Crippen molar-refractivity contribution in [1.82, 2.24) is 9.55 Å². The van der Waals surface area contributed by atoms with Crippen LogP contribution < -0.4 is 0 Å². The first-order chi connectivity index (χ1) is 9.02. The van der Waals surface area contributed by atoms with Crippen molar-refractivity contribution >= 4 is 11.6 Å². The van der Waals surface area contributed by atoms with Crippen molar-refractivity contribution < 1.29 is 5.11 Å². The minimum absolute atomic E-state index is 0.122. The van der Waals surface area contributed by atoms with E-state index >= 15 is 0 Å². The zero-order valence-corrected chi connectivity index (χ0v) is 12.0. The molecule has 0 unspecified atom stereocenters. The van der Waals surface area contributed by atoms with Crippen LogP contribution in [0.4, 0.5) is 0 Å². The van der Waals surface area contributed by atoms with E-state index in [4.69, 9.17) is 11.6 Å². The lowest BCUT2D eigenvalue weighted by Crippen LogP contribution is -2.33. The van der Waals surface area contributed by atoms with Crippen molar-refractivity contribution in [3.05, 3.63) is 53.6 Å². The van der Waals surface area contributed by atoms with Gasteiger partial charge in [-0.15, -0.1) is 0 Å². The monoisotopic (exact) mass is 278 g/mol. The third-order valence-corrected chi connectivity index (χ3v) is 3.86. The van der Waals surface area contributed by atoms with Crippen molar-refractivity contribution in [2.24, 2.45) is 5.92 Å². The number of benzene rings is 1. The first-order valence-electron chi connectivity index (χ1n) is 6.46. The molecule has 1 aromatic carbocycles. The minimum Gasteiger partial charge on any atom is -0.385 e. The van der Waals surface area contributed by atoms with Gasteiger partial charge < -0.3 is 9.67 Å². The molecule has 0 aliphatic carbocycles. The van der Waals surface area contributed by atoms with E-state index in [9.17, 15) is 5.11 Å². The average molecular weight is 279 g/mol. The van der Waals surface area contributed by atoms with E-state index in [0.717, 1.165) is 12.1 Å². The van der Waals surface area contributed by atoms with Gasteiger partial charge in [0.1, 0.15) is 0 Å². The molecular weight excluding hydrogens is 260 g/mol. The summed E-state index contributed by atoms with van der Waals surface area (Å²) in [5.74, 6) is 0.122. The van der Waals surface area contributed by atoms with E-state index in [-0.39, 0.29) is 5.92 Å². The molecule has 0 spiro atoms. The summed E-state index contributed by atoms with van der Waals surface area (Å²) in [6.07, 6.45) is 6.06. The molecule has 3 nitrogen and oxygen atoms in total. The predicted octanol–water partition coefficient (Wildman–Crippen LogP) is 3.47. The van der Waals surface area contributed by atoms with Gasteiger partial charge in [0.2, 0.25) is 0 Å². The summed E-state index contributed by atoms with van der Waals surface area (Å²) < 4.78 is 1.98. The molecule has 2 rings (SSSR count). The lowest BCUT2D eigenvalue weighted by molar-refractivity contribution is -0.0221. The van der Waals surface area contributed by atoms with Crippen LogP contribution in [0.1, 0.15) is 25.8 Å². The molecule has 1 atom stereocenters. The lowest BCUT2D eigenvalue weighted by atomic mass is 9.81. The van der Waals surface area contributed by atoms with Crippen LogP contribution in [0.25, 0.3) is 0 Å². The smallest absolute Gasteiger partial charge is 0.0945 e. The maximum absolute atomic E-state index is 11.0. The largest absolute Gasteiger partial charge is 0.385 e. The predicted molar refractivity (Wildman–Crippen MR) is 77.0 cm³/mol. The Bertz CT molecular complexity index is 507. The molecule has 0 aliphatic rings. The van der Waals surface area contributed by atoms with Gasteiger partial charge >= 0.3 is 0 Å². The van der Waals surface area contributed by atoms with Gasteiger partial charge in [0.25, 0.3) is 0 Å². The Hall–Kier alpha value is -1.32. The van der Waals surface area contributed by atoms with E-state index in [2.05, 4.69) is 4.98 Å². The first kappa shape index (κ1) is 14.1. The fraction of sp³-hybridized carbons (Fsp3) is 0.400. The molecule has 2 aromatic rings. The summed E-state index contributed by atoms with van der Waals surface area (Å²) in [5.41, 5.74) is 0.0570. The molecule has 0 radical (unpaired) electrons. The molecule has 0 bridgehead atoms. The second-order valence-corrected chi connectivity index (χ2v) is 5.57. The van der Waals surface area contributed by atoms with Crippen molar-refractivity contribution in [2.75, 3.05) is 0 Å². The van der Waals surface area contributed by atoms with Crippen LogP contribution in [-0.4, -0.2) is 14.7 Å². The third-order valence-electron chi connectivity index (χ3n) is 3.61. The van der Waals surface area contributed by atoms with Crippen LogP contribution in [0.3, 0.4) is 0 Å². The number of aromatic nitrogens is 2. The van der Waals surface area contributed by atoms with Crippen LogP contribution in [0.15, 0.2) is 43.0 Å². The number of hydrogen-bond donors (Lipinski definition) is 1. The molecular formula is C15H19ClN2O. The molecule has 1 N–H and O–H groups in total. The van der Waals surface area contributed by atoms with E-state index in [1.807, 2.05) is 48.9 Å². The number of aliphatic hydroxyl groups is 1. The Morgan fingerprint density at radius 1 is 1.32 bits per heavy atom. The molecule has 1 heterocycles. The first-order valence-corrected chi connectivity index (χ1v) is 6.84. The topological polar surface area (TPSA) is 38.0 Å². The van der Waals surface area contributed by atoms with Gasteiger partial charge in [-0.05, 0) is 30.0 Å². The summed E-state index contributed by atoms with van der Waals surface area (Å²) in [7, 11) is 0. The van der Waals surface area contributed by atoms with Crippen LogP contribution >= 0.6 is 11.6 Å². The van der Waals surface area contributed by atoms with E-state index in [0.29, 0.717) is 11.4 Å². The van der Waals surface area contributed by atoms with Gasteiger partial charge in [-0.1, -0.05) is 37.6 Å². The minimum atomic E-state index is -0.852. The van der Waals surface area contributed by atoms with Crippen LogP contribution in [0.5, 0.6) is 0 Å². The molecule has 0 amide bonds. The van der Waals surface area contributed by atoms with Crippen molar-refractivity contribution in [3.63, 3.8) is 0 Å². The normalized spacial score (nSPS) is 14.6. The fourth-order valence-corrected chi connectivity index (χ4v) is 2.35. The Morgan fingerprint density at radius 2 is 2.00 bits per heavy atom. The summed E-state index contributed by atoms with van der Waals surface area (Å²) in [4.78, 5) is 4.02.